The van der Waals surface area contributed by atoms with Crippen LogP contribution in [0.1, 0.15) is 41.5 Å². The summed E-state index contributed by atoms with van der Waals surface area (Å²) in [6, 6.07) is 13.2. The highest BCUT2D eigenvalue weighted by Gasteiger charge is 2.27. The van der Waals surface area contributed by atoms with Crippen LogP contribution in [0.2, 0.25) is 10.0 Å². The quantitative estimate of drug-likeness (QED) is 0.372. The topological polar surface area (TPSA) is 81.5 Å². The van der Waals surface area contributed by atoms with E-state index in [1.165, 1.54) is 6.20 Å². The minimum atomic E-state index is -3.77. The molecule has 1 amide bonds. The van der Waals surface area contributed by atoms with Gasteiger partial charge in [-0.25, -0.2) is 13.4 Å². The summed E-state index contributed by atoms with van der Waals surface area (Å²) in [5.41, 5.74) is 1.62. The average Bonchev–Trinajstić information content (AvgIpc) is 3.21. The van der Waals surface area contributed by atoms with Crippen molar-refractivity contribution in [2.24, 2.45) is 0 Å². The third-order valence-corrected chi connectivity index (χ3v) is 7.20. The molecule has 0 saturated heterocycles. The molecule has 0 spiro atoms. The fraction of sp³-hybridized carbons (Fsp3) is 0.333. The van der Waals surface area contributed by atoms with E-state index in [0.29, 0.717) is 40.0 Å². The number of aromatic nitrogens is 2. The number of imidazole rings is 1. The van der Waals surface area contributed by atoms with Crippen LogP contribution in [0.25, 0.3) is 0 Å². The third kappa shape index (κ3) is 6.39. The van der Waals surface area contributed by atoms with Crippen molar-refractivity contribution in [3.05, 3.63) is 81.6 Å². The highest BCUT2D eigenvalue weighted by Crippen LogP contribution is 2.24. The minimum absolute atomic E-state index is 0.0422. The normalized spacial score (nSPS) is 11.7. The second-order valence-corrected chi connectivity index (χ2v) is 10.9. The Morgan fingerprint density at radius 2 is 1.79 bits per heavy atom. The maximum Gasteiger partial charge on any atom is 0.254 e. The zero-order valence-corrected chi connectivity index (χ0v) is 21.6. The van der Waals surface area contributed by atoms with Gasteiger partial charge in [0, 0.05) is 35.3 Å². The van der Waals surface area contributed by atoms with E-state index in [2.05, 4.69) is 4.98 Å². The molecule has 0 radical (unpaired) electrons. The smallest absolute Gasteiger partial charge is 0.254 e. The summed E-state index contributed by atoms with van der Waals surface area (Å²) in [5, 5.41) is 0.882. The van der Waals surface area contributed by atoms with Gasteiger partial charge in [0.15, 0.2) is 0 Å². The standard InChI is InChI=1S/C24H27Cl2N3O4S/c1-17(2)29-22(14-27-24(29)34(31,32)16-18-6-4-8-20(25)12-18)15-28(10-11-33-3)23(30)19-7-5-9-21(26)13-19/h4-9,12-14,17H,10-11,15-16H2,1-3H3. The first kappa shape index (κ1) is 26.2. The molecule has 0 aliphatic heterocycles. The van der Waals surface area contributed by atoms with E-state index in [4.69, 9.17) is 27.9 Å². The predicted molar refractivity (Wildman–Crippen MR) is 133 cm³/mol. The molecule has 0 aliphatic rings. The number of amides is 1. The summed E-state index contributed by atoms with van der Waals surface area (Å²) < 4.78 is 33.4. The summed E-state index contributed by atoms with van der Waals surface area (Å²) in [5.74, 6) is -0.467. The molecule has 1 heterocycles. The Kier molecular flexibility index (Phi) is 8.76. The van der Waals surface area contributed by atoms with E-state index < -0.39 is 9.84 Å². The molecule has 1 aromatic heterocycles. The number of halogens is 2. The van der Waals surface area contributed by atoms with Crippen molar-refractivity contribution in [3.8, 4) is 0 Å². The lowest BCUT2D eigenvalue weighted by Crippen LogP contribution is -2.34. The van der Waals surface area contributed by atoms with Crippen LogP contribution in [0.5, 0.6) is 0 Å². The van der Waals surface area contributed by atoms with Crippen LogP contribution < -0.4 is 0 Å². The second-order valence-electron chi connectivity index (χ2n) is 8.11. The Labute approximate surface area is 210 Å². The van der Waals surface area contributed by atoms with Crippen LogP contribution >= 0.6 is 23.2 Å². The van der Waals surface area contributed by atoms with Gasteiger partial charge in [0.1, 0.15) is 0 Å². The van der Waals surface area contributed by atoms with Crippen LogP contribution in [0.3, 0.4) is 0 Å². The largest absolute Gasteiger partial charge is 0.383 e. The van der Waals surface area contributed by atoms with E-state index in [0.717, 1.165) is 0 Å². The SMILES string of the molecule is COCCN(Cc1cnc(S(=O)(=O)Cc2cccc(Cl)c2)n1C(C)C)C(=O)c1cccc(Cl)c1. The van der Waals surface area contributed by atoms with Crippen molar-refractivity contribution in [2.75, 3.05) is 20.3 Å². The van der Waals surface area contributed by atoms with Gasteiger partial charge in [0.05, 0.1) is 30.8 Å². The van der Waals surface area contributed by atoms with Gasteiger partial charge in [0.2, 0.25) is 15.0 Å². The van der Waals surface area contributed by atoms with E-state index in [1.54, 1.807) is 65.1 Å². The Bertz CT molecular complexity index is 1260. The second kappa shape index (κ2) is 11.4. The third-order valence-electron chi connectivity index (χ3n) is 5.16. The lowest BCUT2D eigenvalue weighted by molar-refractivity contribution is 0.0674. The van der Waals surface area contributed by atoms with Gasteiger partial charge in [-0.2, -0.15) is 0 Å². The number of methoxy groups -OCH3 is 1. The molecule has 0 N–H and O–H groups in total. The highest BCUT2D eigenvalue weighted by atomic mass is 35.5. The van der Waals surface area contributed by atoms with Crippen molar-refractivity contribution in [1.29, 1.82) is 0 Å². The fourth-order valence-electron chi connectivity index (χ4n) is 3.64. The van der Waals surface area contributed by atoms with Gasteiger partial charge >= 0.3 is 0 Å². The number of hydrogen-bond donors (Lipinski definition) is 0. The Balaban J connectivity index is 1.94. The van der Waals surface area contributed by atoms with Crippen LogP contribution in [0, 0.1) is 0 Å². The molecule has 3 rings (SSSR count). The van der Waals surface area contributed by atoms with Crippen molar-refractivity contribution in [3.63, 3.8) is 0 Å². The van der Waals surface area contributed by atoms with E-state index in [9.17, 15) is 13.2 Å². The van der Waals surface area contributed by atoms with Crippen molar-refractivity contribution in [2.45, 2.75) is 37.3 Å². The Morgan fingerprint density at radius 1 is 1.12 bits per heavy atom. The van der Waals surface area contributed by atoms with Crippen LogP contribution in [-0.4, -0.2) is 49.0 Å². The number of nitrogens with zero attached hydrogens (tertiary/aromatic N) is 3. The van der Waals surface area contributed by atoms with Crippen LogP contribution in [0.15, 0.2) is 59.9 Å². The number of ether oxygens (including phenoxy) is 1. The monoisotopic (exact) mass is 523 g/mol. The van der Waals surface area contributed by atoms with Gasteiger partial charge in [-0.15, -0.1) is 0 Å². The molecule has 0 aliphatic carbocycles. The average molecular weight is 524 g/mol. The summed E-state index contributed by atoms with van der Waals surface area (Å²) in [7, 11) is -2.21. The lowest BCUT2D eigenvalue weighted by atomic mass is 10.2. The number of hydrogen-bond acceptors (Lipinski definition) is 5. The summed E-state index contributed by atoms with van der Waals surface area (Å²) >= 11 is 12.1. The summed E-state index contributed by atoms with van der Waals surface area (Å²) in [6.07, 6.45) is 1.51. The van der Waals surface area contributed by atoms with E-state index >= 15 is 0 Å². The molecule has 182 valence electrons. The molecule has 7 nitrogen and oxygen atoms in total. The van der Waals surface area contributed by atoms with Gasteiger partial charge in [-0.1, -0.05) is 41.4 Å². The number of carbonyl (C=O) groups excluding carboxylic acids is 1. The molecule has 3 aromatic rings. The van der Waals surface area contributed by atoms with Crippen LogP contribution in [0.4, 0.5) is 0 Å². The van der Waals surface area contributed by atoms with Gasteiger partial charge in [0.25, 0.3) is 5.91 Å². The Hall–Kier alpha value is -2.39. The van der Waals surface area contributed by atoms with Crippen LogP contribution in [-0.2, 0) is 26.9 Å². The number of benzene rings is 2. The van der Waals surface area contributed by atoms with Gasteiger partial charge in [-0.3, -0.25) is 4.79 Å². The first-order valence-corrected chi connectivity index (χ1v) is 13.1. The molecule has 34 heavy (non-hydrogen) atoms. The van der Waals surface area contributed by atoms with Crippen molar-refractivity contribution in [1.82, 2.24) is 14.5 Å². The molecule has 0 bridgehead atoms. The first-order chi connectivity index (χ1) is 16.1. The van der Waals surface area contributed by atoms with Crippen molar-refractivity contribution >= 4 is 38.9 Å². The molecule has 0 saturated carbocycles. The first-order valence-electron chi connectivity index (χ1n) is 10.7. The molecule has 2 aromatic carbocycles. The van der Waals surface area contributed by atoms with Gasteiger partial charge < -0.3 is 14.2 Å². The maximum atomic E-state index is 13.3. The number of carbonyl (C=O) groups is 1. The lowest BCUT2D eigenvalue weighted by Gasteiger charge is -2.24. The predicted octanol–water partition coefficient (Wildman–Crippen LogP) is 5.03. The Morgan fingerprint density at radius 3 is 2.41 bits per heavy atom. The number of rotatable bonds is 10. The molecule has 0 fully saturated rings. The fourth-order valence-corrected chi connectivity index (χ4v) is 5.63. The molecule has 10 heteroatoms. The zero-order chi connectivity index (χ0) is 24.9. The summed E-state index contributed by atoms with van der Waals surface area (Å²) in [6.45, 7) is 4.55. The highest BCUT2D eigenvalue weighted by molar-refractivity contribution is 7.90. The zero-order valence-electron chi connectivity index (χ0n) is 19.2. The number of sulfone groups is 1. The molecular formula is C24H27Cl2N3O4S. The molecular weight excluding hydrogens is 497 g/mol. The molecule has 0 unspecified atom stereocenters. The van der Waals surface area contributed by atoms with E-state index in [1.807, 2.05) is 13.8 Å². The van der Waals surface area contributed by atoms with E-state index in [-0.39, 0.29) is 29.4 Å². The maximum absolute atomic E-state index is 13.3. The minimum Gasteiger partial charge on any atom is -0.383 e. The van der Waals surface area contributed by atoms with Gasteiger partial charge in [-0.05, 0) is 49.7 Å². The molecule has 0 atom stereocenters. The summed E-state index contributed by atoms with van der Waals surface area (Å²) in [4.78, 5) is 19.1. The van der Waals surface area contributed by atoms with Crippen molar-refractivity contribution < 1.29 is 17.9 Å².